The largest absolute Gasteiger partial charge is 0.497 e. The second-order valence-corrected chi connectivity index (χ2v) is 11.8. The van der Waals surface area contributed by atoms with Gasteiger partial charge in [0, 0.05) is 36.6 Å². The minimum absolute atomic E-state index is 0.229. The average Bonchev–Trinajstić information content (AvgIpc) is 3.35. The Labute approximate surface area is 207 Å². The number of benzene rings is 1. The highest BCUT2D eigenvalue weighted by Crippen LogP contribution is 2.28. The van der Waals surface area contributed by atoms with E-state index in [2.05, 4.69) is 23.1 Å². The molecule has 10 heteroatoms. The molecule has 188 valence electrons. The summed E-state index contributed by atoms with van der Waals surface area (Å²) >= 11 is 1.21. The van der Waals surface area contributed by atoms with Gasteiger partial charge in [-0.15, -0.1) is 11.3 Å². The molecule has 0 aliphatic carbocycles. The van der Waals surface area contributed by atoms with Gasteiger partial charge in [0.25, 0.3) is 15.9 Å². The molecule has 2 aromatic rings. The molecule has 0 atom stereocenters. The molecule has 2 heterocycles. The molecule has 1 fully saturated rings. The molecule has 0 bridgehead atoms. The van der Waals surface area contributed by atoms with Gasteiger partial charge >= 0.3 is 0 Å². The lowest BCUT2D eigenvalue weighted by molar-refractivity contribution is 0.0951. The molecule has 1 aliphatic rings. The van der Waals surface area contributed by atoms with E-state index in [1.165, 1.54) is 24.2 Å². The summed E-state index contributed by atoms with van der Waals surface area (Å²) in [5.74, 6) is 0.850. The van der Waals surface area contributed by atoms with E-state index in [4.69, 9.17) is 4.74 Å². The highest BCUT2D eigenvalue weighted by atomic mass is 32.2. The van der Waals surface area contributed by atoms with Crippen LogP contribution in [0.4, 0.5) is 0 Å². The zero-order valence-corrected chi connectivity index (χ0v) is 21.6. The number of hydrogen-bond donors (Lipinski definition) is 3. The Hall–Kier alpha value is -1.98. The van der Waals surface area contributed by atoms with Crippen molar-refractivity contribution < 1.29 is 17.9 Å². The van der Waals surface area contributed by atoms with Gasteiger partial charge in [-0.2, -0.15) is 4.31 Å². The Bertz CT molecular complexity index is 1020. The van der Waals surface area contributed by atoms with Crippen molar-refractivity contribution in [1.82, 2.24) is 20.5 Å². The number of carbonyl (C=O) groups excluding carboxylic acids is 1. The molecule has 0 radical (unpaired) electrons. The van der Waals surface area contributed by atoms with Crippen molar-refractivity contribution >= 4 is 27.3 Å². The quantitative estimate of drug-likeness (QED) is 0.283. The fourth-order valence-corrected chi connectivity index (χ4v) is 6.79. The van der Waals surface area contributed by atoms with Crippen LogP contribution in [0.25, 0.3) is 0 Å². The number of nitrogens with zero attached hydrogens (tertiary/aromatic N) is 1. The number of rotatable bonds is 13. The summed E-state index contributed by atoms with van der Waals surface area (Å²) in [5.41, 5.74) is 7.04. The molecule has 3 rings (SSSR count). The van der Waals surface area contributed by atoms with Gasteiger partial charge in [-0.1, -0.05) is 25.8 Å². The first kappa shape index (κ1) is 26.6. The van der Waals surface area contributed by atoms with Gasteiger partial charge in [0.1, 0.15) is 9.96 Å². The highest BCUT2D eigenvalue weighted by molar-refractivity contribution is 7.91. The minimum atomic E-state index is -3.51. The Balaban J connectivity index is 1.45. The van der Waals surface area contributed by atoms with E-state index in [0.29, 0.717) is 34.5 Å². The smallest absolute Gasteiger partial charge is 0.252 e. The first-order valence-electron chi connectivity index (χ1n) is 11.9. The van der Waals surface area contributed by atoms with Gasteiger partial charge in [-0.05, 0) is 55.5 Å². The fraction of sp³-hybridized carbons (Fsp3) is 0.542. The van der Waals surface area contributed by atoms with Crippen LogP contribution in [0, 0.1) is 5.92 Å². The van der Waals surface area contributed by atoms with E-state index in [1.807, 2.05) is 0 Å². The van der Waals surface area contributed by atoms with Crippen LogP contribution in [0.1, 0.15) is 54.3 Å². The van der Waals surface area contributed by atoms with Crippen LogP contribution in [0.3, 0.4) is 0 Å². The molecular formula is C24H36N4O4S2. The summed E-state index contributed by atoms with van der Waals surface area (Å²) < 4.78 is 33.3. The van der Waals surface area contributed by atoms with Crippen LogP contribution >= 0.6 is 11.3 Å². The minimum Gasteiger partial charge on any atom is -0.497 e. The molecule has 1 aromatic heterocycles. The summed E-state index contributed by atoms with van der Waals surface area (Å²) in [6, 6.07) is 10.3. The first-order valence-corrected chi connectivity index (χ1v) is 14.2. The van der Waals surface area contributed by atoms with E-state index in [9.17, 15) is 13.2 Å². The summed E-state index contributed by atoms with van der Waals surface area (Å²) in [6.07, 6.45) is 5.28. The molecule has 0 saturated carbocycles. The van der Waals surface area contributed by atoms with Crippen LogP contribution in [0.5, 0.6) is 5.75 Å². The van der Waals surface area contributed by atoms with E-state index in [-0.39, 0.29) is 12.5 Å². The van der Waals surface area contributed by atoms with E-state index in [0.717, 1.165) is 37.2 Å². The Morgan fingerprint density at radius 2 is 1.94 bits per heavy atom. The van der Waals surface area contributed by atoms with E-state index >= 15 is 0 Å². The van der Waals surface area contributed by atoms with Crippen LogP contribution in [0.2, 0.25) is 0 Å². The molecular weight excluding hydrogens is 472 g/mol. The third kappa shape index (κ3) is 7.51. The van der Waals surface area contributed by atoms with Crippen LogP contribution < -0.4 is 20.9 Å². The summed E-state index contributed by atoms with van der Waals surface area (Å²) in [5, 5.41) is 2.85. The highest BCUT2D eigenvalue weighted by Gasteiger charge is 2.30. The van der Waals surface area contributed by atoms with Gasteiger partial charge in [0.05, 0.1) is 13.7 Å². The monoisotopic (exact) mass is 508 g/mol. The third-order valence-corrected chi connectivity index (χ3v) is 9.43. The topological polar surface area (TPSA) is 99.8 Å². The van der Waals surface area contributed by atoms with Gasteiger partial charge in [-0.25, -0.2) is 8.42 Å². The SMILES string of the molecule is CCCCCNNCC1CCN(S(=O)(=O)c2ccc(CNC(=O)c3cccc(OC)c3)s2)CC1. The average molecular weight is 509 g/mol. The van der Waals surface area contributed by atoms with Gasteiger partial charge in [0.2, 0.25) is 0 Å². The maximum atomic E-state index is 13.1. The number of unbranched alkanes of at least 4 members (excludes halogenated alkanes) is 2. The Morgan fingerprint density at radius 3 is 2.68 bits per heavy atom. The maximum absolute atomic E-state index is 13.1. The van der Waals surface area contributed by atoms with E-state index in [1.54, 1.807) is 47.8 Å². The van der Waals surface area contributed by atoms with Crippen molar-refractivity contribution in [1.29, 1.82) is 0 Å². The molecule has 1 amide bonds. The molecule has 1 saturated heterocycles. The van der Waals surface area contributed by atoms with Crippen molar-refractivity contribution in [2.24, 2.45) is 5.92 Å². The van der Waals surface area contributed by atoms with Crippen molar-refractivity contribution in [2.75, 3.05) is 33.3 Å². The predicted molar refractivity (Wildman–Crippen MR) is 135 cm³/mol. The standard InChI is InChI=1S/C24H36N4O4S2/c1-3-4-5-13-26-27-17-19-11-14-28(15-12-19)34(30,31)23-10-9-22(33-23)18-25-24(29)20-7-6-8-21(16-20)32-2/h6-10,16,19,26-27H,3-5,11-15,17-18H2,1-2H3,(H,25,29). The van der Waals surface area contributed by atoms with E-state index < -0.39 is 10.0 Å². The molecule has 3 N–H and O–H groups in total. The Kier molecular flexibility index (Phi) is 10.3. The van der Waals surface area contributed by atoms with Crippen molar-refractivity contribution in [3.8, 4) is 5.75 Å². The number of hydrogen-bond acceptors (Lipinski definition) is 7. The maximum Gasteiger partial charge on any atom is 0.252 e. The molecule has 34 heavy (non-hydrogen) atoms. The number of hydrazine groups is 1. The summed E-state index contributed by atoms with van der Waals surface area (Å²) in [7, 11) is -1.96. The number of carbonyl (C=O) groups is 1. The number of ether oxygens (including phenoxy) is 1. The van der Waals surface area contributed by atoms with Crippen molar-refractivity contribution in [2.45, 2.75) is 49.8 Å². The summed E-state index contributed by atoms with van der Waals surface area (Å²) in [6.45, 7) is 5.34. The molecule has 8 nitrogen and oxygen atoms in total. The second kappa shape index (κ2) is 13.2. The molecule has 0 unspecified atom stereocenters. The normalized spacial score (nSPS) is 15.4. The van der Waals surface area contributed by atoms with Gasteiger partial charge in [0.15, 0.2) is 0 Å². The second-order valence-electron chi connectivity index (χ2n) is 8.50. The molecule has 1 aliphatic heterocycles. The lowest BCUT2D eigenvalue weighted by Gasteiger charge is -2.31. The number of thiophene rings is 1. The van der Waals surface area contributed by atoms with Crippen LogP contribution in [0.15, 0.2) is 40.6 Å². The molecule has 0 spiro atoms. The third-order valence-electron chi connectivity index (χ3n) is 5.98. The zero-order chi connectivity index (χ0) is 24.4. The summed E-state index contributed by atoms with van der Waals surface area (Å²) in [4.78, 5) is 13.2. The predicted octanol–water partition coefficient (Wildman–Crippen LogP) is 3.37. The van der Waals surface area contributed by atoms with Crippen LogP contribution in [-0.4, -0.2) is 51.9 Å². The fourth-order valence-electron chi connectivity index (χ4n) is 3.87. The number of methoxy groups -OCH3 is 1. The zero-order valence-electron chi connectivity index (χ0n) is 20.0. The van der Waals surface area contributed by atoms with Crippen molar-refractivity contribution in [3.05, 3.63) is 46.8 Å². The first-order chi connectivity index (χ1) is 16.4. The lowest BCUT2D eigenvalue weighted by Crippen LogP contribution is -2.43. The molecule has 1 aromatic carbocycles. The van der Waals surface area contributed by atoms with Gasteiger partial charge in [-0.3, -0.25) is 15.6 Å². The van der Waals surface area contributed by atoms with Gasteiger partial charge < -0.3 is 10.1 Å². The van der Waals surface area contributed by atoms with Crippen LogP contribution in [-0.2, 0) is 16.6 Å². The lowest BCUT2D eigenvalue weighted by atomic mass is 9.98. The number of sulfonamides is 1. The Morgan fingerprint density at radius 1 is 1.15 bits per heavy atom. The van der Waals surface area contributed by atoms with Crippen molar-refractivity contribution in [3.63, 3.8) is 0 Å². The number of amides is 1. The number of piperidine rings is 1. The number of nitrogens with one attached hydrogen (secondary N) is 3.